The Morgan fingerprint density at radius 3 is 3.07 bits per heavy atom. The number of hydrogen-bond acceptors (Lipinski definition) is 3. The number of nitrogens with zero attached hydrogens (tertiary/aromatic N) is 4. The van der Waals surface area contributed by atoms with E-state index in [9.17, 15) is 0 Å². The highest BCUT2D eigenvalue weighted by Crippen LogP contribution is 2.16. The van der Waals surface area contributed by atoms with Crippen LogP contribution in [0.2, 0.25) is 0 Å². The largest absolute Gasteiger partial charge is 0.296 e. The minimum Gasteiger partial charge on any atom is -0.296 e. The third-order valence-electron chi connectivity index (χ3n) is 2.91. The van der Waals surface area contributed by atoms with Gasteiger partial charge in [0.25, 0.3) is 0 Å². The molecule has 0 aliphatic carbocycles. The van der Waals surface area contributed by atoms with E-state index in [2.05, 4.69) is 21.9 Å². The minimum atomic E-state index is 0.831. The Morgan fingerprint density at radius 1 is 1.57 bits per heavy atom. The van der Waals surface area contributed by atoms with Gasteiger partial charge < -0.3 is 0 Å². The lowest BCUT2D eigenvalue weighted by Crippen LogP contribution is -2.34. The van der Waals surface area contributed by atoms with Gasteiger partial charge in [0.2, 0.25) is 0 Å². The van der Waals surface area contributed by atoms with Crippen LogP contribution in [-0.4, -0.2) is 32.8 Å². The summed E-state index contributed by atoms with van der Waals surface area (Å²) in [5.41, 5.74) is 0. The van der Waals surface area contributed by atoms with Gasteiger partial charge in [-0.25, -0.2) is 4.98 Å². The monoisotopic (exact) mass is 194 g/mol. The van der Waals surface area contributed by atoms with Crippen molar-refractivity contribution in [2.24, 2.45) is 13.0 Å². The first-order valence-electron chi connectivity index (χ1n) is 5.31. The maximum absolute atomic E-state index is 4.25. The van der Waals surface area contributed by atoms with Crippen molar-refractivity contribution in [2.45, 2.75) is 26.3 Å². The lowest BCUT2D eigenvalue weighted by atomic mass is 10.0. The van der Waals surface area contributed by atoms with Crippen molar-refractivity contribution < 1.29 is 0 Å². The molecule has 1 aromatic rings. The summed E-state index contributed by atoms with van der Waals surface area (Å²) in [5, 5.41) is 4.08. The highest BCUT2D eigenvalue weighted by Gasteiger charge is 2.17. The molecule has 0 aromatic carbocycles. The average molecular weight is 194 g/mol. The van der Waals surface area contributed by atoms with E-state index in [1.54, 1.807) is 6.33 Å². The van der Waals surface area contributed by atoms with Gasteiger partial charge in [-0.15, -0.1) is 0 Å². The van der Waals surface area contributed by atoms with Crippen molar-refractivity contribution >= 4 is 0 Å². The molecule has 2 rings (SSSR count). The summed E-state index contributed by atoms with van der Waals surface area (Å²) >= 11 is 0. The molecule has 0 amide bonds. The van der Waals surface area contributed by atoms with Crippen LogP contribution in [0.25, 0.3) is 0 Å². The number of hydrogen-bond donors (Lipinski definition) is 0. The Bertz CT molecular complexity index is 294. The van der Waals surface area contributed by atoms with Crippen LogP contribution in [0.3, 0.4) is 0 Å². The molecule has 1 aliphatic rings. The third kappa shape index (κ3) is 2.12. The highest BCUT2D eigenvalue weighted by molar-refractivity contribution is 4.84. The molecule has 1 fully saturated rings. The molecule has 1 aliphatic heterocycles. The smallest absolute Gasteiger partial charge is 0.140 e. The predicted molar refractivity (Wildman–Crippen MR) is 54.7 cm³/mol. The summed E-state index contributed by atoms with van der Waals surface area (Å²) in [6.07, 6.45) is 4.32. The molecule has 0 bridgehead atoms. The Kier molecular flexibility index (Phi) is 2.82. The summed E-state index contributed by atoms with van der Waals surface area (Å²) in [7, 11) is 1.95. The zero-order valence-electron chi connectivity index (χ0n) is 8.98. The third-order valence-corrected chi connectivity index (χ3v) is 2.91. The van der Waals surface area contributed by atoms with E-state index < -0.39 is 0 Å². The number of likely N-dealkylation sites (tertiary alicyclic amines) is 1. The van der Waals surface area contributed by atoms with Crippen LogP contribution in [0.5, 0.6) is 0 Å². The van der Waals surface area contributed by atoms with E-state index in [4.69, 9.17) is 0 Å². The molecule has 1 atom stereocenters. The molecule has 2 heterocycles. The molecule has 4 heteroatoms. The first-order valence-corrected chi connectivity index (χ1v) is 5.31. The topological polar surface area (TPSA) is 34.0 Å². The molecule has 1 unspecified atom stereocenters. The molecule has 4 nitrogen and oxygen atoms in total. The second-order valence-electron chi connectivity index (χ2n) is 4.28. The normalized spacial score (nSPS) is 24.0. The molecule has 14 heavy (non-hydrogen) atoms. The quantitative estimate of drug-likeness (QED) is 0.705. The fourth-order valence-corrected chi connectivity index (χ4v) is 2.09. The molecule has 78 valence electrons. The van der Waals surface area contributed by atoms with Crippen LogP contribution < -0.4 is 0 Å². The van der Waals surface area contributed by atoms with Gasteiger partial charge in [-0.05, 0) is 25.3 Å². The van der Waals surface area contributed by atoms with Gasteiger partial charge in [-0.3, -0.25) is 9.58 Å². The van der Waals surface area contributed by atoms with Crippen molar-refractivity contribution in [3.05, 3.63) is 12.2 Å². The van der Waals surface area contributed by atoms with Gasteiger partial charge in [0.05, 0.1) is 6.54 Å². The molecule has 0 radical (unpaired) electrons. The van der Waals surface area contributed by atoms with E-state index in [1.807, 2.05) is 11.7 Å². The first-order chi connectivity index (χ1) is 6.75. The van der Waals surface area contributed by atoms with Crippen molar-refractivity contribution in [3.63, 3.8) is 0 Å². The molecule has 1 aromatic heterocycles. The van der Waals surface area contributed by atoms with E-state index in [1.165, 1.54) is 25.9 Å². The van der Waals surface area contributed by atoms with Gasteiger partial charge >= 0.3 is 0 Å². The highest BCUT2D eigenvalue weighted by atomic mass is 15.3. The number of rotatable bonds is 2. The van der Waals surface area contributed by atoms with Crippen molar-refractivity contribution in [3.8, 4) is 0 Å². The molecule has 0 saturated carbocycles. The summed E-state index contributed by atoms with van der Waals surface area (Å²) in [6, 6.07) is 0. The van der Waals surface area contributed by atoms with Crippen LogP contribution in [0.15, 0.2) is 6.33 Å². The summed E-state index contributed by atoms with van der Waals surface area (Å²) in [5.74, 6) is 1.90. The minimum absolute atomic E-state index is 0.831. The van der Waals surface area contributed by atoms with Crippen LogP contribution in [0, 0.1) is 5.92 Å². The van der Waals surface area contributed by atoms with Gasteiger partial charge in [0.1, 0.15) is 12.2 Å². The fraction of sp³-hybridized carbons (Fsp3) is 0.800. The molecule has 1 saturated heterocycles. The van der Waals surface area contributed by atoms with Crippen LogP contribution in [0.4, 0.5) is 0 Å². The van der Waals surface area contributed by atoms with Gasteiger partial charge in [-0.2, -0.15) is 5.10 Å². The Balaban J connectivity index is 1.94. The van der Waals surface area contributed by atoms with Gasteiger partial charge in [-0.1, -0.05) is 6.92 Å². The predicted octanol–water partition coefficient (Wildman–Crippen LogP) is 1.05. The molecule has 0 spiro atoms. The second kappa shape index (κ2) is 4.09. The number of aryl methyl sites for hydroxylation is 1. The van der Waals surface area contributed by atoms with Gasteiger partial charge in [0, 0.05) is 13.6 Å². The van der Waals surface area contributed by atoms with Crippen molar-refractivity contribution in [1.29, 1.82) is 0 Å². The Morgan fingerprint density at radius 2 is 2.43 bits per heavy atom. The molecular weight excluding hydrogens is 176 g/mol. The fourth-order valence-electron chi connectivity index (χ4n) is 2.09. The SMILES string of the molecule is CC1CCCN(Cc2ncnn2C)C1. The zero-order valence-corrected chi connectivity index (χ0v) is 8.98. The van der Waals surface area contributed by atoms with Crippen molar-refractivity contribution in [1.82, 2.24) is 19.7 Å². The first kappa shape index (κ1) is 9.65. The number of piperidine rings is 1. The van der Waals surface area contributed by atoms with Gasteiger partial charge in [0.15, 0.2) is 0 Å². The molecular formula is C10H18N4. The standard InChI is InChI=1S/C10H18N4/c1-9-4-3-5-14(6-9)7-10-11-8-12-13(10)2/h8-9H,3-7H2,1-2H3. The maximum atomic E-state index is 4.25. The Hall–Kier alpha value is -0.900. The van der Waals surface area contributed by atoms with E-state index >= 15 is 0 Å². The summed E-state index contributed by atoms with van der Waals surface area (Å²) < 4.78 is 1.86. The van der Waals surface area contributed by atoms with Crippen LogP contribution >= 0.6 is 0 Å². The number of aromatic nitrogens is 3. The zero-order chi connectivity index (χ0) is 9.97. The van der Waals surface area contributed by atoms with Crippen molar-refractivity contribution in [2.75, 3.05) is 13.1 Å². The molecule has 0 N–H and O–H groups in total. The Labute approximate surface area is 84.9 Å². The van der Waals surface area contributed by atoms with E-state index in [0.717, 1.165) is 18.3 Å². The van der Waals surface area contributed by atoms with E-state index in [0.29, 0.717) is 0 Å². The van der Waals surface area contributed by atoms with Crippen LogP contribution in [0.1, 0.15) is 25.6 Å². The average Bonchev–Trinajstić information content (AvgIpc) is 2.52. The summed E-state index contributed by atoms with van der Waals surface area (Å²) in [6.45, 7) is 5.67. The lowest BCUT2D eigenvalue weighted by molar-refractivity contribution is 0.171. The second-order valence-corrected chi connectivity index (χ2v) is 4.28. The lowest BCUT2D eigenvalue weighted by Gasteiger charge is -2.30. The van der Waals surface area contributed by atoms with E-state index in [-0.39, 0.29) is 0 Å². The maximum Gasteiger partial charge on any atom is 0.140 e. The summed E-state index contributed by atoms with van der Waals surface area (Å²) in [4.78, 5) is 6.72. The van der Waals surface area contributed by atoms with Crippen LogP contribution in [-0.2, 0) is 13.6 Å².